The number of carbonyl (C=O) groups is 4. The fraction of sp³-hybridized carbons (Fsp3) is 0.714. The molecule has 0 aromatic carbocycles. The van der Waals surface area contributed by atoms with Gasteiger partial charge in [0.05, 0.1) is 0 Å². The lowest BCUT2D eigenvalue weighted by Crippen LogP contribution is -2.48. The van der Waals surface area contributed by atoms with Gasteiger partial charge >= 0.3 is 23.9 Å². The second-order valence-electron chi connectivity index (χ2n) is 5.98. The van der Waals surface area contributed by atoms with Crippen molar-refractivity contribution in [3.8, 4) is 0 Å². The Morgan fingerprint density at radius 3 is 1.42 bits per heavy atom. The molecule has 4 atom stereocenters. The Balaban J connectivity index is 1.90. The van der Waals surface area contributed by atoms with E-state index in [4.69, 9.17) is 19.9 Å². The van der Waals surface area contributed by atoms with Crippen LogP contribution in [0.2, 0.25) is 0 Å². The van der Waals surface area contributed by atoms with E-state index in [0.717, 1.165) is 10.1 Å². The van der Waals surface area contributed by atoms with E-state index >= 15 is 0 Å². The van der Waals surface area contributed by atoms with Crippen molar-refractivity contribution in [3.05, 3.63) is 0 Å². The summed E-state index contributed by atoms with van der Waals surface area (Å²) in [4.78, 5) is 55.2. The van der Waals surface area contributed by atoms with Crippen LogP contribution in [-0.2, 0) is 28.9 Å². The molecule has 2 fully saturated rings. The first-order valence-electron chi connectivity index (χ1n) is 8.01. The molecule has 146 valence electrons. The van der Waals surface area contributed by atoms with E-state index in [-0.39, 0.29) is 25.9 Å². The van der Waals surface area contributed by atoms with Gasteiger partial charge in [-0.1, -0.05) is 0 Å². The van der Waals surface area contributed by atoms with Crippen LogP contribution in [0.5, 0.6) is 0 Å². The Kier molecular flexibility index (Phi) is 6.47. The first kappa shape index (κ1) is 20.0. The Hall–Kier alpha value is -2.28. The van der Waals surface area contributed by atoms with Gasteiger partial charge in [0.1, 0.15) is 12.1 Å². The molecule has 12 heteroatoms. The molecule has 2 saturated heterocycles. The van der Waals surface area contributed by atoms with Crippen molar-refractivity contribution in [1.82, 2.24) is 10.1 Å². The number of rotatable bonds is 7. The molecule has 0 radical (unpaired) electrons. The first-order valence-corrected chi connectivity index (χ1v) is 8.01. The summed E-state index contributed by atoms with van der Waals surface area (Å²) in [6.07, 6.45) is -3.23. The van der Waals surface area contributed by atoms with E-state index < -0.39 is 48.2 Å². The highest BCUT2D eigenvalue weighted by Crippen LogP contribution is 2.20. The van der Waals surface area contributed by atoms with Crippen LogP contribution in [0.3, 0.4) is 0 Å². The summed E-state index contributed by atoms with van der Waals surface area (Å²) in [7, 11) is 0. The Morgan fingerprint density at radius 1 is 0.769 bits per heavy atom. The van der Waals surface area contributed by atoms with Crippen molar-refractivity contribution in [1.29, 1.82) is 0 Å². The highest BCUT2D eigenvalue weighted by atomic mass is 16.7. The number of hydrogen-bond acceptors (Lipinski definition) is 10. The lowest BCUT2D eigenvalue weighted by atomic mass is 10.2. The van der Waals surface area contributed by atoms with Crippen LogP contribution in [0.4, 0.5) is 0 Å². The van der Waals surface area contributed by atoms with Crippen LogP contribution in [-0.4, -0.2) is 91.8 Å². The zero-order chi connectivity index (χ0) is 19.4. The van der Waals surface area contributed by atoms with E-state index in [0.29, 0.717) is 12.8 Å². The predicted octanol–water partition coefficient (Wildman–Crippen LogP) is -2.28. The number of carboxylic acids is 2. The zero-order valence-electron chi connectivity index (χ0n) is 13.7. The molecule has 2 rings (SSSR count). The Labute approximate surface area is 147 Å². The van der Waals surface area contributed by atoms with Gasteiger partial charge in [-0.2, -0.15) is 0 Å². The molecule has 0 amide bonds. The van der Waals surface area contributed by atoms with Crippen molar-refractivity contribution < 1.29 is 49.3 Å². The fourth-order valence-corrected chi connectivity index (χ4v) is 2.79. The van der Waals surface area contributed by atoms with Crippen molar-refractivity contribution in [2.45, 2.75) is 50.0 Å². The van der Waals surface area contributed by atoms with E-state index in [2.05, 4.69) is 0 Å². The van der Waals surface area contributed by atoms with Crippen molar-refractivity contribution in [3.63, 3.8) is 0 Å². The van der Waals surface area contributed by atoms with Crippen LogP contribution in [0, 0.1) is 0 Å². The van der Waals surface area contributed by atoms with Crippen molar-refractivity contribution in [2.24, 2.45) is 0 Å². The maximum atomic E-state index is 11.8. The Morgan fingerprint density at radius 2 is 1.12 bits per heavy atom. The molecular formula is C14H20N2O10. The molecule has 2 aliphatic heterocycles. The molecule has 0 saturated carbocycles. The number of carboxylic acid groups (broad SMARTS) is 2. The van der Waals surface area contributed by atoms with Crippen LogP contribution in [0.25, 0.3) is 0 Å². The minimum Gasteiger partial charge on any atom is -0.480 e. The third kappa shape index (κ3) is 4.46. The number of aliphatic carboxylic acids is 2. The van der Waals surface area contributed by atoms with Gasteiger partial charge in [0.2, 0.25) is 0 Å². The van der Waals surface area contributed by atoms with Gasteiger partial charge in [0, 0.05) is 13.1 Å². The SMILES string of the molecule is O=C(ON1CCC[C@H]1C(=O)O)[C@H](O)[C@@H](O)C(=O)ON1CCC[C@H]1C(=O)O. The molecule has 4 N–H and O–H groups in total. The molecule has 0 aromatic heterocycles. The molecule has 2 heterocycles. The highest BCUT2D eigenvalue weighted by molar-refractivity contribution is 5.85. The predicted molar refractivity (Wildman–Crippen MR) is 78.9 cm³/mol. The zero-order valence-corrected chi connectivity index (χ0v) is 13.7. The maximum Gasteiger partial charge on any atom is 0.357 e. The lowest BCUT2D eigenvalue weighted by molar-refractivity contribution is -0.224. The number of aliphatic hydroxyl groups is 2. The molecule has 0 aromatic rings. The Bertz CT molecular complexity index is 532. The summed E-state index contributed by atoms with van der Waals surface area (Å²) in [6, 6.07) is -2.15. The molecule has 2 aliphatic rings. The minimum absolute atomic E-state index is 0.129. The summed E-state index contributed by atoms with van der Waals surface area (Å²) in [5.74, 6) is -5.25. The standard InChI is InChI=1S/C14H20N2O10/c17-9(13(23)25-15-5-1-3-7(15)11(19)20)10(18)14(24)26-16-6-2-4-8(16)12(21)22/h7-10,17-18H,1-6H2,(H,19,20)(H,21,22)/t7-,8-,9+,10+/m0/s1. The molecule has 0 spiro atoms. The average molecular weight is 376 g/mol. The number of aliphatic hydroxyl groups excluding tert-OH is 2. The quantitative estimate of drug-likeness (QED) is 0.375. The number of hydrogen-bond donors (Lipinski definition) is 4. The van der Waals surface area contributed by atoms with E-state index in [9.17, 15) is 29.4 Å². The molecule has 0 bridgehead atoms. The van der Waals surface area contributed by atoms with Crippen molar-refractivity contribution >= 4 is 23.9 Å². The van der Waals surface area contributed by atoms with Gasteiger partial charge < -0.3 is 30.1 Å². The minimum atomic E-state index is -2.32. The highest BCUT2D eigenvalue weighted by Gasteiger charge is 2.41. The normalized spacial score (nSPS) is 26.2. The van der Waals surface area contributed by atoms with Crippen LogP contribution in [0.15, 0.2) is 0 Å². The van der Waals surface area contributed by atoms with Crippen LogP contribution >= 0.6 is 0 Å². The van der Waals surface area contributed by atoms with Gasteiger partial charge in [-0.25, -0.2) is 9.59 Å². The molecule has 26 heavy (non-hydrogen) atoms. The van der Waals surface area contributed by atoms with Crippen LogP contribution < -0.4 is 0 Å². The fourth-order valence-electron chi connectivity index (χ4n) is 2.79. The topological polar surface area (TPSA) is 174 Å². The molecule has 0 aliphatic carbocycles. The molecule has 0 unspecified atom stereocenters. The van der Waals surface area contributed by atoms with Gasteiger partial charge in [0.15, 0.2) is 12.2 Å². The van der Waals surface area contributed by atoms with Gasteiger partial charge in [-0.15, -0.1) is 10.1 Å². The lowest BCUT2D eigenvalue weighted by Gasteiger charge is -2.24. The van der Waals surface area contributed by atoms with E-state index in [1.165, 1.54) is 0 Å². The second-order valence-corrected chi connectivity index (χ2v) is 5.98. The van der Waals surface area contributed by atoms with E-state index in [1.54, 1.807) is 0 Å². The summed E-state index contributed by atoms with van der Waals surface area (Å²) in [5.41, 5.74) is 0. The molecule has 12 nitrogen and oxygen atoms in total. The first-order chi connectivity index (χ1) is 12.2. The van der Waals surface area contributed by atoms with Gasteiger partial charge in [0.25, 0.3) is 0 Å². The number of hydroxylamine groups is 4. The van der Waals surface area contributed by atoms with Gasteiger partial charge in [-0.05, 0) is 25.7 Å². The van der Waals surface area contributed by atoms with Crippen LogP contribution in [0.1, 0.15) is 25.7 Å². The number of nitrogens with zero attached hydrogens (tertiary/aromatic N) is 2. The second kappa shape index (κ2) is 8.40. The third-order valence-corrected chi connectivity index (χ3v) is 4.17. The van der Waals surface area contributed by atoms with Gasteiger partial charge in [-0.3, -0.25) is 9.59 Å². The van der Waals surface area contributed by atoms with Crippen molar-refractivity contribution in [2.75, 3.05) is 13.1 Å². The summed E-state index contributed by atoms with van der Waals surface area (Å²) in [5, 5.41) is 39.2. The third-order valence-electron chi connectivity index (χ3n) is 4.17. The maximum absolute atomic E-state index is 11.8. The summed E-state index contributed by atoms with van der Waals surface area (Å²) in [6.45, 7) is 0.258. The largest absolute Gasteiger partial charge is 0.480 e. The monoisotopic (exact) mass is 376 g/mol. The van der Waals surface area contributed by atoms with E-state index in [1.807, 2.05) is 0 Å². The summed E-state index contributed by atoms with van der Waals surface area (Å²) >= 11 is 0. The summed E-state index contributed by atoms with van der Waals surface area (Å²) < 4.78 is 0. The number of carbonyl (C=O) groups excluding carboxylic acids is 2. The smallest absolute Gasteiger partial charge is 0.357 e. The molecular weight excluding hydrogens is 356 g/mol. The average Bonchev–Trinajstić information content (AvgIpc) is 3.22.